The number of rotatable bonds is 6. The molecule has 1 amide bonds. The van der Waals surface area contributed by atoms with Crippen LogP contribution < -0.4 is 10.6 Å². The first-order valence-corrected chi connectivity index (χ1v) is 5.97. The van der Waals surface area contributed by atoms with Crippen molar-refractivity contribution >= 4 is 17.7 Å². The molecule has 0 aliphatic rings. The SMILES string of the molecule is C#CCNC(=O)C(C)NC(C)CSC. The standard InChI is InChI=1S/C10H18N2OS/c1-5-6-11-10(13)9(3)12-8(2)7-14-4/h1,8-9,12H,6-7H2,2-4H3,(H,11,13). The van der Waals surface area contributed by atoms with Crippen LogP contribution in [-0.2, 0) is 4.79 Å². The highest BCUT2D eigenvalue weighted by Gasteiger charge is 2.13. The maximum Gasteiger partial charge on any atom is 0.237 e. The average Bonchev–Trinajstić information content (AvgIpc) is 2.14. The van der Waals surface area contributed by atoms with Crippen molar-refractivity contribution in [2.24, 2.45) is 0 Å². The van der Waals surface area contributed by atoms with Gasteiger partial charge in [0.25, 0.3) is 0 Å². The first-order valence-electron chi connectivity index (χ1n) is 4.58. The summed E-state index contributed by atoms with van der Waals surface area (Å²) in [6.07, 6.45) is 7.08. The molecule has 0 aromatic carbocycles. The number of amides is 1. The molecule has 2 atom stereocenters. The maximum atomic E-state index is 11.4. The molecule has 0 spiro atoms. The highest BCUT2D eigenvalue weighted by Crippen LogP contribution is 1.97. The Morgan fingerprint density at radius 3 is 2.71 bits per heavy atom. The van der Waals surface area contributed by atoms with Gasteiger partial charge in [0, 0.05) is 11.8 Å². The molecule has 0 aromatic rings. The van der Waals surface area contributed by atoms with Gasteiger partial charge in [-0.05, 0) is 20.1 Å². The molecule has 0 fully saturated rings. The quantitative estimate of drug-likeness (QED) is 0.631. The van der Waals surface area contributed by atoms with Crippen LogP contribution in [0.4, 0.5) is 0 Å². The number of carbonyl (C=O) groups is 1. The molecule has 2 unspecified atom stereocenters. The van der Waals surface area contributed by atoms with Gasteiger partial charge in [-0.25, -0.2) is 0 Å². The summed E-state index contributed by atoms with van der Waals surface area (Å²) in [5, 5.41) is 5.82. The van der Waals surface area contributed by atoms with E-state index in [0.717, 1.165) is 5.75 Å². The van der Waals surface area contributed by atoms with E-state index in [1.807, 2.05) is 13.2 Å². The summed E-state index contributed by atoms with van der Waals surface area (Å²) in [7, 11) is 0. The Hall–Kier alpha value is -0.660. The molecule has 0 radical (unpaired) electrons. The van der Waals surface area contributed by atoms with E-state index in [-0.39, 0.29) is 11.9 Å². The Morgan fingerprint density at radius 2 is 2.21 bits per heavy atom. The molecule has 0 rings (SSSR count). The fourth-order valence-corrected chi connectivity index (χ4v) is 1.69. The number of hydrogen-bond donors (Lipinski definition) is 2. The van der Waals surface area contributed by atoms with Crippen LogP contribution in [0.1, 0.15) is 13.8 Å². The van der Waals surface area contributed by atoms with Gasteiger partial charge in [0.15, 0.2) is 0 Å². The molecule has 0 heterocycles. The Bertz CT molecular complexity index is 213. The minimum Gasteiger partial charge on any atom is -0.344 e. The zero-order valence-corrected chi connectivity index (χ0v) is 9.78. The van der Waals surface area contributed by atoms with Gasteiger partial charge in [-0.3, -0.25) is 4.79 Å². The first kappa shape index (κ1) is 13.3. The fourth-order valence-electron chi connectivity index (χ4n) is 1.09. The van der Waals surface area contributed by atoms with Crippen molar-refractivity contribution in [1.29, 1.82) is 0 Å². The monoisotopic (exact) mass is 214 g/mol. The van der Waals surface area contributed by atoms with Crippen molar-refractivity contribution in [3.05, 3.63) is 0 Å². The van der Waals surface area contributed by atoms with E-state index in [1.165, 1.54) is 0 Å². The molecule has 0 aliphatic heterocycles. The van der Waals surface area contributed by atoms with Crippen molar-refractivity contribution in [2.45, 2.75) is 25.9 Å². The zero-order chi connectivity index (χ0) is 11.0. The van der Waals surface area contributed by atoms with E-state index in [1.54, 1.807) is 11.8 Å². The van der Waals surface area contributed by atoms with Crippen LogP contribution in [0.25, 0.3) is 0 Å². The lowest BCUT2D eigenvalue weighted by Crippen LogP contribution is -2.46. The van der Waals surface area contributed by atoms with Gasteiger partial charge >= 0.3 is 0 Å². The molecular weight excluding hydrogens is 196 g/mol. The molecule has 0 aromatic heterocycles. The van der Waals surface area contributed by atoms with Crippen LogP contribution in [0.5, 0.6) is 0 Å². The number of terminal acetylenes is 1. The van der Waals surface area contributed by atoms with E-state index in [0.29, 0.717) is 12.6 Å². The van der Waals surface area contributed by atoms with Crippen LogP contribution >= 0.6 is 11.8 Å². The Balaban J connectivity index is 3.77. The Kier molecular flexibility index (Phi) is 7.35. The summed E-state index contributed by atoms with van der Waals surface area (Å²) < 4.78 is 0. The topological polar surface area (TPSA) is 41.1 Å². The molecular formula is C10H18N2OS. The molecule has 0 aliphatic carbocycles. The summed E-state index contributed by atoms with van der Waals surface area (Å²) >= 11 is 1.75. The van der Waals surface area contributed by atoms with E-state index >= 15 is 0 Å². The van der Waals surface area contributed by atoms with Crippen molar-refractivity contribution in [2.75, 3.05) is 18.6 Å². The van der Waals surface area contributed by atoms with E-state index < -0.39 is 0 Å². The maximum absolute atomic E-state index is 11.4. The minimum absolute atomic E-state index is 0.0455. The van der Waals surface area contributed by atoms with Gasteiger partial charge < -0.3 is 10.6 Å². The van der Waals surface area contributed by atoms with Gasteiger partial charge in [-0.2, -0.15) is 11.8 Å². The second-order valence-electron chi connectivity index (χ2n) is 3.17. The molecule has 0 saturated heterocycles. The van der Waals surface area contributed by atoms with Crippen LogP contribution in [-0.4, -0.2) is 36.5 Å². The summed E-state index contributed by atoms with van der Waals surface area (Å²) in [5.41, 5.74) is 0. The number of thioether (sulfide) groups is 1. The van der Waals surface area contributed by atoms with Gasteiger partial charge in [0.1, 0.15) is 0 Å². The number of carbonyl (C=O) groups excluding carboxylic acids is 1. The van der Waals surface area contributed by atoms with Crippen LogP contribution in [0.15, 0.2) is 0 Å². The Labute approximate surface area is 90.4 Å². The Morgan fingerprint density at radius 1 is 1.57 bits per heavy atom. The third kappa shape index (κ3) is 5.90. The van der Waals surface area contributed by atoms with Crippen molar-refractivity contribution in [3.63, 3.8) is 0 Å². The largest absolute Gasteiger partial charge is 0.344 e. The third-order valence-electron chi connectivity index (χ3n) is 1.71. The second-order valence-corrected chi connectivity index (χ2v) is 4.08. The first-order chi connectivity index (χ1) is 6.61. The van der Waals surface area contributed by atoms with E-state index in [4.69, 9.17) is 6.42 Å². The normalized spacial score (nSPS) is 14.1. The predicted octanol–water partition coefficient (Wildman–Crippen LogP) is 0.465. The highest BCUT2D eigenvalue weighted by atomic mass is 32.2. The molecule has 0 saturated carbocycles. The van der Waals surface area contributed by atoms with E-state index in [2.05, 4.69) is 23.5 Å². The number of nitrogens with one attached hydrogen (secondary N) is 2. The average molecular weight is 214 g/mol. The lowest BCUT2D eigenvalue weighted by atomic mass is 10.2. The fraction of sp³-hybridized carbons (Fsp3) is 0.700. The van der Waals surface area contributed by atoms with Crippen LogP contribution in [0, 0.1) is 12.3 Å². The lowest BCUT2D eigenvalue weighted by molar-refractivity contribution is -0.122. The smallest absolute Gasteiger partial charge is 0.237 e. The third-order valence-corrected chi connectivity index (χ3v) is 2.54. The molecule has 4 heteroatoms. The molecule has 80 valence electrons. The van der Waals surface area contributed by atoms with E-state index in [9.17, 15) is 4.79 Å². The van der Waals surface area contributed by atoms with Gasteiger partial charge in [-0.15, -0.1) is 6.42 Å². The second kappa shape index (κ2) is 7.72. The van der Waals surface area contributed by atoms with Crippen molar-refractivity contribution in [1.82, 2.24) is 10.6 Å². The van der Waals surface area contributed by atoms with Gasteiger partial charge in [0.05, 0.1) is 12.6 Å². The summed E-state index contributed by atoms with van der Waals surface area (Å²) in [6.45, 7) is 4.19. The summed E-state index contributed by atoms with van der Waals surface area (Å²) in [5.74, 6) is 3.32. The lowest BCUT2D eigenvalue weighted by Gasteiger charge is -2.18. The van der Waals surface area contributed by atoms with Crippen LogP contribution in [0.2, 0.25) is 0 Å². The van der Waals surface area contributed by atoms with Crippen LogP contribution in [0.3, 0.4) is 0 Å². The van der Waals surface area contributed by atoms with Crippen molar-refractivity contribution in [3.8, 4) is 12.3 Å². The minimum atomic E-state index is -0.189. The summed E-state index contributed by atoms with van der Waals surface area (Å²) in [4.78, 5) is 11.4. The highest BCUT2D eigenvalue weighted by molar-refractivity contribution is 7.98. The molecule has 0 bridgehead atoms. The predicted molar refractivity (Wildman–Crippen MR) is 62.3 cm³/mol. The zero-order valence-electron chi connectivity index (χ0n) is 8.96. The number of hydrogen-bond acceptors (Lipinski definition) is 3. The van der Waals surface area contributed by atoms with Gasteiger partial charge in [0.2, 0.25) is 5.91 Å². The molecule has 2 N–H and O–H groups in total. The molecule has 14 heavy (non-hydrogen) atoms. The summed E-state index contributed by atoms with van der Waals surface area (Å²) in [6, 6.07) is 0.141. The molecule has 3 nitrogen and oxygen atoms in total. The van der Waals surface area contributed by atoms with Gasteiger partial charge in [-0.1, -0.05) is 5.92 Å². The van der Waals surface area contributed by atoms with Crippen molar-refractivity contribution < 1.29 is 4.79 Å².